The average Bonchev–Trinajstić information content (AvgIpc) is 2.58. The fourth-order valence-electron chi connectivity index (χ4n) is 1.82. The summed E-state index contributed by atoms with van der Waals surface area (Å²) in [6, 6.07) is 0.376. The lowest BCUT2D eigenvalue weighted by atomic mass is 10.3. The highest BCUT2D eigenvalue weighted by molar-refractivity contribution is 7.95. The summed E-state index contributed by atoms with van der Waals surface area (Å²) >= 11 is 0. The zero-order valence-electron chi connectivity index (χ0n) is 10.8. The SMILES string of the molecule is CC(C)NCCCNS(=O)(=O)C1CCS(=O)(=O)C1. The molecule has 1 aliphatic rings. The molecule has 108 valence electrons. The second-order valence-electron chi connectivity index (χ2n) is 4.93. The van der Waals surface area contributed by atoms with E-state index in [0.29, 0.717) is 19.0 Å². The number of sulfone groups is 1. The first-order valence-electron chi connectivity index (χ1n) is 6.15. The normalized spacial score (nSPS) is 23.6. The van der Waals surface area contributed by atoms with Gasteiger partial charge in [-0.1, -0.05) is 13.8 Å². The van der Waals surface area contributed by atoms with Gasteiger partial charge in [-0.3, -0.25) is 0 Å². The van der Waals surface area contributed by atoms with Gasteiger partial charge in [0, 0.05) is 12.6 Å². The molecule has 1 rings (SSSR count). The van der Waals surface area contributed by atoms with Gasteiger partial charge in [0.05, 0.1) is 16.8 Å². The molecule has 2 N–H and O–H groups in total. The van der Waals surface area contributed by atoms with Gasteiger partial charge in [-0.2, -0.15) is 0 Å². The van der Waals surface area contributed by atoms with E-state index in [0.717, 1.165) is 6.54 Å². The van der Waals surface area contributed by atoms with E-state index in [-0.39, 0.29) is 17.9 Å². The molecular weight excluding hydrogens is 276 g/mol. The highest BCUT2D eigenvalue weighted by Crippen LogP contribution is 2.17. The number of rotatable bonds is 7. The second-order valence-corrected chi connectivity index (χ2v) is 9.20. The quantitative estimate of drug-likeness (QED) is 0.617. The zero-order chi connectivity index (χ0) is 13.8. The minimum atomic E-state index is -3.49. The Morgan fingerprint density at radius 1 is 1.28 bits per heavy atom. The molecule has 0 aliphatic carbocycles. The number of nitrogens with one attached hydrogen (secondary N) is 2. The van der Waals surface area contributed by atoms with Crippen molar-refractivity contribution in [1.82, 2.24) is 10.0 Å². The molecule has 0 spiro atoms. The summed E-state index contributed by atoms with van der Waals surface area (Å²) in [7, 11) is -6.65. The van der Waals surface area contributed by atoms with Gasteiger partial charge in [0.1, 0.15) is 0 Å². The minimum absolute atomic E-state index is 0.0204. The first-order chi connectivity index (χ1) is 8.23. The molecule has 1 unspecified atom stereocenters. The maximum absolute atomic E-state index is 11.8. The molecule has 0 aromatic carbocycles. The van der Waals surface area contributed by atoms with E-state index in [1.165, 1.54) is 0 Å². The lowest BCUT2D eigenvalue weighted by Crippen LogP contribution is -2.36. The lowest BCUT2D eigenvalue weighted by molar-refractivity contribution is 0.548. The first-order valence-corrected chi connectivity index (χ1v) is 9.52. The molecule has 8 heteroatoms. The maximum atomic E-state index is 11.8. The molecular formula is C10H22N2O4S2. The van der Waals surface area contributed by atoms with Crippen molar-refractivity contribution in [3.63, 3.8) is 0 Å². The third kappa shape index (κ3) is 5.21. The van der Waals surface area contributed by atoms with Gasteiger partial charge >= 0.3 is 0 Å². The van der Waals surface area contributed by atoms with Gasteiger partial charge < -0.3 is 5.32 Å². The molecule has 6 nitrogen and oxygen atoms in total. The standard InChI is InChI=1S/C10H22N2O4S2/c1-9(2)11-5-3-6-12-18(15,16)10-4-7-17(13,14)8-10/h9-12H,3-8H2,1-2H3. The molecule has 0 amide bonds. The Kier molecular flexibility index (Phi) is 5.57. The fraction of sp³-hybridized carbons (Fsp3) is 1.00. The van der Waals surface area contributed by atoms with E-state index in [1.807, 2.05) is 13.8 Å². The fourth-order valence-corrected chi connectivity index (χ4v) is 5.94. The van der Waals surface area contributed by atoms with Crippen LogP contribution in [0.3, 0.4) is 0 Å². The van der Waals surface area contributed by atoms with E-state index >= 15 is 0 Å². The summed E-state index contributed by atoms with van der Waals surface area (Å²) in [4.78, 5) is 0. The number of hydrogen-bond acceptors (Lipinski definition) is 5. The maximum Gasteiger partial charge on any atom is 0.215 e. The number of sulfonamides is 1. The van der Waals surface area contributed by atoms with E-state index < -0.39 is 25.1 Å². The summed E-state index contributed by atoms with van der Waals surface area (Å²) in [5.41, 5.74) is 0. The van der Waals surface area contributed by atoms with Crippen LogP contribution in [0.4, 0.5) is 0 Å². The van der Waals surface area contributed by atoms with Crippen molar-refractivity contribution in [2.45, 2.75) is 38.0 Å². The van der Waals surface area contributed by atoms with Crippen molar-refractivity contribution in [3.05, 3.63) is 0 Å². The van der Waals surface area contributed by atoms with E-state index in [9.17, 15) is 16.8 Å². The first kappa shape index (κ1) is 15.9. The Balaban J connectivity index is 2.33. The average molecular weight is 298 g/mol. The van der Waals surface area contributed by atoms with Crippen molar-refractivity contribution in [2.24, 2.45) is 0 Å². The molecule has 1 atom stereocenters. The van der Waals surface area contributed by atoms with Crippen molar-refractivity contribution in [2.75, 3.05) is 24.6 Å². The summed E-state index contributed by atoms with van der Waals surface area (Å²) in [6.45, 7) is 5.13. The molecule has 0 bridgehead atoms. The molecule has 18 heavy (non-hydrogen) atoms. The van der Waals surface area contributed by atoms with Crippen molar-refractivity contribution < 1.29 is 16.8 Å². The van der Waals surface area contributed by atoms with Crippen LogP contribution >= 0.6 is 0 Å². The van der Waals surface area contributed by atoms with Crippen molar-refractivity contribution in [3.8, 4) is 0 Å². The molecule has 0 radical (unpaired) electrons. The molecule has 0 aromatic heterocycles. The van der Waals surface area contributed by atoms with Gasteiger partial charge in [-0.25, -0.2) is 21.6 Å². The van der Waals surface area contributed by atoms with Gasteiger partial charge in [0.15, 0.2) is 9.84 Å². The molecule has 0 saturated carbocycles. The van der Waals surface area contributed by atoms with Crippen molar-refractivity contribution in [1.29, 1.82) is 0 Å². The predicted octanol–water partition coefficient (Wildman–Crippen LogP) is -0.519. The van der Waals surface area contributed by atoms with Gasteiger partial charge in [-0.15, -0.1) is 0 Å². The molecule has 1 fully saturated rings. The highest BCUT2D eigenvalue weighted by Gasteiger charge is 2.36. The third-order valence-corrected chi connectivity index (χ3v) is 6.70. The third-order valence-electron chi connectivity index (χ3n) is 2.84. The Morgan fingerprint density at radius 2 is 1.94 bits per heavy atom. The van der Waals surface area contributed by atoms with Crippen LogP contribution < -0.4 is 10.0 Å². The molecule has 1 heterocycles. The van der Waals surface area contributed by atoms with Crippen molar-refractivity contribution >= 4 is 19.9 Å². The highest BCUT2D eigenvalue weighted by atomic mass is 32.2. The minimum Gasteiger partial charge on any atom is -0.314 e. The van der Waals surface area contributed by atoms with Crippen LogP contribution in [0.15, 0.2) is 0 Å². The van der Waals surface area contributed by atoms with E-state index in [1.54, 1.807) is 0 Å². The molecule has 1 saturated heterocycles. The summed E-state index contributed by atoms with van der Waals surface area (Å²) in [6.07, 6.45) is 0.902. The van der Waals surface area contributed by atoms with Gasteiger partial charge in [-0.05, 0) is 19.4 Å². The summed E-state index contributed by atoms with van der Waals surface area (Å²) in [5.74, 6) is -0.264. The van der Waals surface area contributed by atoms with Crippen LogP contribution in [0.5, 0.6) is 0 Å². The lowest BCUT2D eigenvalue weighted by Gasteiger charge is -2.12. The van der Waals surface area contributed by atoms with Crippen LogP contribution in [0.1, 0.15) is 26.7 Å². The largest absolute Gasteiger partial charge is 0.314 e. The van der Waals surface area contributed by atoms with Crippen LogP contribution in [0.25, 0.3) is 0 Å². The van der Waals surface area contributed by atoms with Crippen LogP contribution in [-0.4, -0.2) is 52.7 Å². The van der Waals surface area contributed by atoms with Crippen LogP contribution in [0, 0.1) is 0 Å². The van der Waals surface area contributed by atoms with E-state index in [2.05, 4.69) is 10.0 Å². The topological polar surface area (TPSA) is 92.3 Å². The van der Waals surface area contributed by atoms with Gasteiger partial charge in [0.25, 0.3) is 0 Å². The Labute approximate surface area is 110 Å². The molecule has 1 aliphatic heterocycles. The Morgan fingerprint density at radius 3 is 2.44 bits per heavy atom. The Bertz CT molecular complexity index is 456. The Hall–Kier alpha value is -0.180. The van der Waals surface area contributed by atoms with Gasteiger partial charge in [0.2, 0.25) is 10.0 Å². The predicted molar refractivity (Wildman–Crippen MR) is 71.7 cm³/mol. The smallest absolute Gasteiger partial charge is 0.215 e. The van der Waals surface area contributed by atoms with Crippen LogP contribution in [0.2, 0.25) is 0 Å². The molecule has 0 aromatic rings. The van der Waals surface area contributed by atoms with Crippen LogP contribution in [-0.2, 0) is 19.9 Å². The monoisotopic (exact) mass is 298 g/mol. The van der Waals surface area contributed by atoms with E-state index in [4.69, 9.17) is 0 Å². The zero-order valence-corrected chi connectivity index (χ0v) is 12.5. The summed E-state index contributed by atoms with van der Waals surface area (Å²) < 4.78 is 48.6. The second kappa shape index (κ2) is 6.31. The summed E-state index contributed by atoms with van der Waals surface area (Å²) in [5, 5.41) is 2.41. The number of hydrogen-bond donors (Lipinski definition) is 2.